The van der Waals surface area contributed by atoms with Crippen molar-refractivity contribution in [2.24, 2.45) is 18.7 Å². The van der Waals surface area contributed by atoms with Gasteiger partial charge in [-0.1, -0.05) is 6.42 Å². The molecule has 0 aromatic carbocycles. The van der Waals surface area contributed by atoms with Crippen LogP contribution < -0.4 is 10.6 Å². The highest BCUT2D eigenvalue weighted by atomic mass is 15.4. The molecule has 1 aliphatic carbocycles. The molecule has 0 amide bonds. The van der Waals surface area contributed by atoms with Crippen molar-refractivity contribution in [1.82, 2.24) is 9.78 Å². The molecular formula is C12H22N4. The molecule has 4 nitrogen and oxygen atoms in total. The first kappa shape index (κ1) is 11.5. The molecular weight excluding hydrogens is 200 g/mol. The van der Waals surface area contributed by atoms with Crippen LogP contribution in [0.2, 0.25) is 0 Å². The summed E-state index contributed by atoms with van der Waals surface area (Å²) in [6, 6.07) is 0. The summed E-state index contributed by atoms with van der Waals surface area (Å²) in [5.41, 5.74) is 8.04. The van der Waals surface area contributed by atoms with E-state index in [0.29, 0.717) is 6.54 Å². The summed E-state index contributed by atoms with van der Waals surface area (Å²) in [5.74, 6) is 2.05. The monoisotopic (exact) mass is 222 g/mol. The van der Waals surface area contributed by atoms with Crippen LogP contribution in [0.5, 0.6) is 0 Å². The summed E-state index contributed by atoms with van der Waals surface area (Å²) in [6.45, 7) is 3.73. The molecule has 1 fully saturated rings. The Kier molecular flexibility index (Phi) is 3.19. The highest BCUT2D eigenvalue weighted by molar-refractivity contribution is 5.49. The van der Waals surface area contributed by atoms with E-state index in [1.165, 1.54) is 30.6 Å². The molecule has 0 aliphatic heterocycles. The lowest BCUT2D eigenvalue weighted by molar-refractivity contribution is 0.320. The van der Waals surface area contributed by atoms with Gasteiger partial charge in [-0.15, -0.1) is 0 Å². The van der Waals surface area contributed by atoms with Crippen molar-refractivity contribution < 1.29 is 0 Å². The number of nitrogens with two attached hydrogens (primary N) is 1. The zero-order valence-electron chi connectivity index (χ0n) is 10.5. The van der Waals surface area contributed by atoms with Crippen molar-refractivity contribution in [3.05, 3.63) is 11.3 Å². The number of aryl methyl sites for hydroxylation is 2. The molecule has 90 valence electrons. The normalized spacial score (nSPS) is 16.2. The van der Waals surface area contributed by atoms with Crippen LogP contribution in [-0.4, -0.2) is 23.4 Å². The lowest BCUT2D eigenvalue weighted by atomic mass is 9.85. The van der Waals surface area contributed by atoms with Gasteiger partial charge in [0.2, 0.25) is 0 Å². The quantitative estimate of drug-likeness (QED) is 0.838. The van der Waals surface area contributed by atoms with E-state index in [9.17, 15) is 0 Å². The molecule has 0 saturated heterocycles. The summed E-state index contributed by atoms with van der Waals surface area (Å²) in [6.07, 6.45) is 4.14. The summed E-state index contributed by atoms with van der Waals surface area (Å²) >= 11 is 0. The van der Waals surface area contributed by atoms with Gasteiger partial charge in [0.05, 0.1) is 5.69 Å². The fourth-order valence-electron chi connectivity index (χ4n) is 2.56. The molecule has 1 aromatic heterocycles. The van der Waals surface area contributed by atoms with Gasteiger partial charge in [0.25, 0.3) is 0 Å². The molecule has 4 heteroatoms. The summed E-state index contributed by atoms with van der Waals surface area (Å²) < 4.78 is 1.95. The number of aromatic nitrogens is 2. The minimum atomic E-state index is 0.573. The molecule has 0 bridgehead atoms. The molecule has 2 N–H and O–H groups in total. The molecule has 0 atom stereocenters. The van der Waals surface area contributed by atoms with Gasteiger partial charge in [0, 0.05) is 32.7 Å². The second-order valence-corrected chi connectivity index (χ2v) is 4.89. The number of hydrogen-bond acceptors (Lipinski definition) is 3. The van der Waals surface area contributed by atoms with Crippen LogP contribution in [0.25, 0.3) is 0 Å². The topological polar surface area (TPSA) is 47.1 Å². The standard InChI is InChI=1S/C12H22N4/c1-9-11(7-13)12(16(3)14-9)15(2)8-10-5-4-6-10/h10H,4-8,13H2,1-3H3. The zero-order chi connectivity index (χ0) is 11.7. The van der Waals surface area contributed by atoms with Gasteiger partial charge in [-0.2, -0.15) is 5.10 Å². The summed E-state index contributed by atoms with van der Waals surface area (Å²) in [4.78, 5) is 2.31. The Labute approximate surface area is 97.4 Å². The first-order chi connectivity index (χ1) is 7.63. The Morgan fingerprint density at radius 3 is 2.69 bits per heavy atom. The second-order valence-electron chi connectivity index (χ2n) is 4.89. The summed E-state index contributed by atoms with van der Waals surface area (Å²) in [5, 5.41) is 4.45. The minimum absolute atomic E-state index is 0.573. The van der Waals surface area contributed by atoms with Crippen molar-refractivity contribution in [3.8, 4) is 0 Å². The molecule has 0 spiro atoms. The lowest BCUT2D eigenvalue weighted by Crippen LogP contribution is -2.31. The first-order valence-electron chi connectivity index (χ1n) is 6.07. The third-order valence-electron chi connectivity index (χ3n) is 3.64. The van der Waals surface area contributed by atoms with Crippen LogP contribution in [0.1, 0.15) is 30.5 Å². The number of rotatable bonds is 4. The Morgan fingerprint density at radius 2 is 2.19 bits per heavy atom. The maximum absolute atomic E-state index is 5.80. The van der Waals surface area contributed by atoms with E-state index in [-0.39, 0.29) is 0 Å². The van der Waals surface area contributed by atoms with E-state index in [2.05, 4.69) is 17.0 Å². The van der Waals surface area contributed by atoms with Crippen LogP contribution in [0.4, 0.5) is 5.82 Å². The van der Waals surface area contributed by atoms with Crippen LogP contribution in [-0.2, 0) is 13.6 Å². The molecule has 0 radical (unpaired) electrons. The molecule has 0 unspecified atom stereocenters. The van der Waals surface area contributed by atoms with Gasteiger partial charge in [0.15, 0.2) is 0 Å². The highest BCUT2D eigenvalue weighted by Crippen LogP contribution is 2.29. The van der Waals surface area contributed by atoms with Crippen LogP contribution in [0, 0.1) is 12.8 Å². The average Bonchev–Trinajstić information content (AvgIpc) is 2.46. The largest absolute Gasteiger partial charge is 0.359 e. The van der Waals surface area contributed by atoms with Crippen LogP contribution in [0.15, 0.2) is 0 Å². The second kappa shape index (κ2) is 4.45. The van der Waals surface area contributed by atoms with Gasteiger partial charge >= 0.3 is 0 Å². The smallest absolute Gasteiger partial charge is 0.131 e. The number of nitrogens with zero attached hydrogens (tertiary/aromatic N) is 3. The Hall–Kier alpha value is -1.03. The molecule has 1 aromatic rings. The highest BCUT2D eigenvalue weighted by Gasteiger charge is 2.22. The van der Waals surface area contributed by atoms with Gasteiger partial charge in [0.1, 0.15) is 5.82 Å². The maximum atomic E-state index is 5.80. The van der Waals surface area contributed by atoms with Crippen molar-refractivity contribution in [1.29, 1.82) is 0 Å². The zero-order valence-corrected chi connectivity index (χ0v) is 10.5. The van der Waals surface area contributed by atoms with E-state index in [4.69, 9.17) is 5.73 Å². The fraction of sp³-hybridized carbons (Fsp3) is 0.750. The molecule has 1 saturated carbocycles. The molecule has 2 rings (SSSR count). The van der Waals surface area contributed by atoms with E-state index >= 15 is 0 Å². The first-order valence-corrected chi connectivity index (χ1v) is 6.07. The SMILES string of the molecule is Cc1nn(C)c(N(C)CC2CCC2)c1CN. The predicted octanol–water partition coefficient (Wildman–Crippen LogP) is 1.42. The fourth-order valence-corrected chi connectivity index (χ4v) is 2.56. The summed E-state index contributed by atoms with van der Waals surface area (Å²) in [7, 11) is 4.15. The predicted molar refractivity (Wildman–Crippen MR) is 66.4 cm³/mol. The molecule has 1 aliphatic rings. The average molecular weight is 222 g/mol. The Morgan fingerprint density at radius 1 is 1.50 bits per heavy atom. The van der Waals surface area contributed by atoms with Crippen LogP contribution >= 0.6 is 0 Å². The minimum Gasteiger partial charge on any atom is -0.359 e. The van der Waals surface area contributed by atoms with Gasteiger partial charge in [-0.05, 0) is 25.7 Å². The van der Waals surface area contributed by atoms with E-state index in [1.807, 2.05) is 18.7 Å². The molecule has 1 heterocycles. The van der Waals surface area contributed by atoms with Gasteiger partial charge in [-0.3, -0.25) is 4.68 Å². The Bertz CT molecular complexity index is 365. The number of hydrogen-bond donors (Lipinski definition) is 1. The van der Waals surface area contributed by atoms with Crippen LogP contribution in [0.3, 0.4) is 0 Å². The number of anilines is 1. The molecule has 16 heavy (non-hydrogen) atoms. The Balaban J connectivity index is 2.16. The maximum Gasteiger partial charge on any atom is 0.131 e. The van der Waals surface area contributed by atoms with Crippen molar-refractivity contribution in [2.45, 2.75) is 32.7 Å². The van der Waals surface area contributed by atoms with Crippen molar-refractivity contribution in [3.63, 3.8) is 0 Å². The third kappa shape index (κ3) is 1.94. The van der Waals surface area contributed by atoms with Gasteiger partial charge < -0.3 is 10.6 Å². The van der Waals surface area contributed by atoms with Gasteiger partial charge in [-0.25, -0.2) is 0 Å². The lowest BCUT2D eigenvalue weighted by Gasteiger charge is -2.31. The van der Waals surface area contributed by atoms with E-state index in [1.54, 1.807) is 0 Å². The van der Waals surface area contributed by atoms with Crippen molar-refractivity contribution in [2.75, 3.05) is 18.5 Å². The van der Waals surface area contributed by atoms with E-state index in [0.717, 1.165) is 18.2 Å². The third-order valence-corrected chi connectivity index (χ3v) is 3.64. The van der Waals surface area contributed by atoms with E-state index < -0.39 is 0 Å². The van der Waals surface area contributed by atoms with Crippen molar-refractivity contribution >= 4 is 5.82 Å².